The Morgan fingerprint density at radius 1 is 1.42 bits per heavy atom. The van der Waals surface area contributed by atoms with Crippen molar-refractivity contribution < 1.29 is 14.4 Å². The van der Waals surface area contributed by atoms with E-state index in [1.807, 2.05) is 30.3 Å². The molecule has 0 radical (unpaired) electrons. The van der Waals surface area contributed by atoms with Gasteiger partial charge >= 0.3 is 0 Å². The Balaban J connectivity index is 1.97. The fraction of sp³-hybridized carbons (Fsp3) is 0.286. The summed E-state index contributed by atoms with van der Waals surface area (Å²) in [7, 11) is 0. The molecule has 1 atom stereocenters. The van der Waals surface area contributed by atoms with Crippen LogP contribution in [-0.2, 0) is 6.42 Å². The van der Waals surface area contributed by atoms with Crippen molar-refractivity contribution in [2.45, 2.75) is 19.4 Å². The lowest BCUT2D eigenvalue weighted by Gasteiger charge is -2.15. The van der Waals surface area contributed by atoms with Crippen LogP contribution in [0.25, 0.3) is 0 Å². The van der Waals surface area contributed by atoms with Crippen molar-refractivity contribution in [1.82, 2.24) is 10.5 Å². The van der Waals surface area contributed by atoms with Crippen LogP contribution in [0.15, 0.2) is 40.9 Å². The maximum atomic E-state index is 11.9. The highest BCUT2D eigenvalue weighted by atomic mass is 16.5. The summed E-state index contributed by atoms with van der Waals surface area (Å²) in [5.41, 5.74) is 1.70. The molecule has 0 bridgehead atoms. The lowest BCUT2D eigenvalue weighted by atomic mass is 10.1. The quantitative estimate of drug-likeness (QED) is 0.850. The van der Waals surface area contributed by atoms with E-state index in [1.54, 1.807) is 13.0 Å². The zero-order valence-corrected chi connectivity index (χ0v) is 10.7. The van der Waals surface area contributed by atoms with Crippen molar-refractivity contribution >= 4 is 5.91 Å². The van der Waals surface area contributed by atoms with E-state index in [0.29, 0.717) is 12.1 Å². The van der Waals surface area contributed by atoms with Crippen LogP contribution in [-0.4, -0.2) is 28.8 Å². The first kappa shape index (κ1) is 13.3. The number of amides is 1. The van der Waals surface area contributed by atoms with Crippen LogP contribution in [0.4, 0.5) is 0 Å². The van der Waals surface area contributed by atoms with Gasteiger partial charge in [0.15, 0.2) is 0 Å². The molecule has 5 heteroatoms. The first-order valence-electron chi connectivity index (χ1n) is 6.08. The smallest absolute Gasteiger partial charge is 0.290 e. The lowest BCUT2D eigenvalue weighted by molar-refractivity contribution is 0.0879. The molecule has 1 aromatic carbocycles. The van der Waals surface area contributed by atoms with Crippen molar-refractivity contribution in [3.8, 4) is 0 Å². The highest BCUT2D eigenvalue weighted by Crippen LogP contribution is 2.06. The summed E-state index contributed by atoms with van der Waals surface area (Å²) in [6, 6.07) is 10.9. The predicted molar refractivity (Wildman–Crippen MR) is 69.7 cm³/mol. The number of carbonyl (C=O) groups is 1. The molecule has 0 aliphatic heterocycles. The summed E-state index contributed by atoms with van der Waals surface area (Å²) in [6.07, 6.45) is 0.566. The highest BCUT2D eigenvalue weighted by Gasteiger charge is 2.16. The van der Waals surface area contributed by atoms with Gasteiger partial charge in [-0.05, 0) is 18.9 Å². The molecule has 2 N–H and O–H groups in total. The van der Waals surface area contributed by atoms with E-state index in [9.17, 15) is 9.90 Å². The van der Waals surface area contributed by atoms with Crippen LogP contribution >= 0.6 is 0 Å². The molecule has 1 amide bonds. The van der Waals surface area contributed by atoms with Gasteiger partial charge in [-0.3, -0.25) is 4.79 Å². The normalized spacial score (nSPS) is 12.1. The minimum atomic E-state index is -0.365. The number of aliphatic hydroxyl groups excluding tert-OH is 1. The fourth-order valence-electron chi connectivity index (χ4n) is 1.79. The molecule has 0 saturated carbocycles. The summed E-state index contributed by atoms with van der Waals surface area (Å²) in [4.78, 5) is 11.9. The maximum absolute atomic E-state index is 11.9. The Hall–Kier alpha value is -2.14. The third-order valence-electron chi connectivity index (χ3n) is 2.73. The summed E-state index contributed by atoms with van der Waals surface area (Å²) in [5, 5.41) is 15.7. The van der Waals surface area contributed by atoms with Crippen LogP contribution in [0.1, 0.15) is 21.8 Å². The van der Waals surface area contributed by atoms with Crippen molar-refractivity contribution in [1.29, 1.82) is 0 Å². The van der Waals surface area contributed by atoms with Crippen molar-refractivity contribution in [3.05, 3.63) is 53.4 Å². The molecule has 0 fully saturated rings. The van der Waals surface area contributed by atoms with Crippen LogP contribution in [0, 0.1) is 6.92 Å². The number of aromatic nitrogens is 1. The first-order valence-corrected chi connectivity index (χ1v) is 6.08. The number of rotatable bonds is 5. The molecular weight excluding hydrogens is 244 g/mol. The Kier molecular flexibility index (Phi) is 4.30. The van der Waals surface area contributed by atoms with Gasteiger partial charge in [0.1, 0.15) is 0 Å². The van der Waals surface area contributed by atoms with Crippen molar-refractivity contribution in [2.75, 3.05) is 6.61 Å². The van der Waals surface area contributed by atoms with E-state index in [-0.39, 0.29) is 24.3 Å². The van der Waals surface area contributed by atoms with E-state index in [0.717, 1.165) is 5.56 Å². The Bertz CT molecular complexity index is 537. The number of carbonyl (C=O) groups excluding carboxylic acids is 1. The average Bonchev–Trinajstić information content (AvgIpc) is 2.86. The Morgan fingerprint density at radius 2 is 2.16 bits per heavy atom. The molecule has 0 saturated heterocycles. The monoisotopic (exact) mass is 260 g/mol. The van der Waals surface area contributed by atoms with Gasteiger partial charge in [-0.25, -0.2) is 0 Å². The van der Waals surface area contributed by atoms with Crippen LogP contribution in [0.3, 0.4) is 0 Å². The molecule has 19 heavy (non-hydrogen) atoms. The molecule has 0 aliphatic carbocycles. The summed E-state index contributed by atoms with van der Waals surface area (Å²) >= 11 is 0. The predicted octanol–water partition coefficient (Wildman–Crippen LogP) is 1.32. The molecule has 2 aromatic rings. The van der Waals surface area contributed by atoms with Gasteiger partial charge < -0.3 is 14.9 Å². The largest absolute Gasteiger partial charge is 0.394 e. The molecule has 5 nitrogen and oxygen atoms in total. The molecule has 1 heterocycles. The van der Waals surface area contributed by atoms with Gasteiger partial charge in [-0.15, -0.1) is 0 Å². The van der Waals surface area contributed by atoms with Gasteiger partial charge in [0.25, 0.3) is 5.91 Å². The van der Waals surface area contributed by atoms with Gasteiger partial charge in [-0.2, -0.15) is 0 Å². The Morgan fingerprint density at radius 3 is 2.74 bits per heavy atom. The molecule has 2 rings (SSSR count). The second-order valence-electron chi connectivity index (χ2n) is 4.38. The van der Waals surface area contributed by atoms with Crippen LogP contribution < -0.4 is 5.32 Å². The number of nitrogens with zero attached hydrogens (tertiary/aromatic N) is 1. The first-order chi connectivity index (χ1) is 9.19. The van der Waals surface area contributed by atoms with Crippen molar-refractivity contribution in [3.63, 3.8) is 0 Å². The van der Waals surface area contributed by atoms with E-state index >= 15 is 0 Å². The summed E-state index contributed by atoms with van der Waals surface area (Å²) < 4.78 is 4.88. The summed E-state index contributed by atoms with van der Waals surface area (Å²) in [6.45, 7) is 1.61. The third kappa shape index (κ3) is 3.66. The zero-order valence-electron chi connectivity index (χ0n) is 10.7. The van der Waals surface area contributed by atoms with Crippen LogP contribution in [0.5, 0.6) is 0 Å². The number of benzene rings is 1. The second-order valence-corrected chi connectivity index (χ2v) is 4.38. The topological polar surface area (TPSA) is 75.4 Å². The SMILES string of the molecule is Cc1cc(C(=O)NC(CO)Cc2ccccc2)on1. The van der Waals surface area contributed by atoms with Crippen LogP contribution in [0.2, 0.25) is 0 Å². The van der Waals surface area contributed by atoms with Crippen molar-refractivity contribution in [2.24, 2.45) is 0 Å². The van der Waals surface area contributed by atoms with E-state index in [2.05, 4.69) is 10.5 Å². The molecule has 1 unspecified atom stereocenters. The maximum Gasteiger partial charge on any atom is 0.290 e. The van der Waals surface area contributed by atoms with Gasteiger partial charge in [0.05, 0.1) is 18.3 Å². The Labute approximate surface area is 111 Å². The molecule has 1 aromatic heterocycles. The number of nitrogens with one attached hydrogen (secondary N) is 1. The van der Waals surface area contributed by atoms with E-state index < -0.39 is 0 Å². The standard InChI is InChI=1S/C14H16N2O3/c1-10-7-13(19-16-10)14(18)15-12(9-17)8-11-5-3-2-4-6-11/h2-7,12,17H,8-9H2,1H3,(H,15,18). The molecular formula is C14H16N2O3. The van der Waals surface area contributed by atoms with Gasteiger partial charge in [0, 0.05) is 6.07 Å². The second kappa shape index (κ2) is 6.15. The summed E-state index contributed by atoms with van der Waals surface area (Å²) in [5.74, 6) is -0.209. The number of hydrogen-bond acceptors (Lipinski definition) is 4. The lowest BCUT2D eigenvalue weighted by Crippen LogP contribution is -2.38. The minimum Gasteiger partial charge on any atom is -0.394 e. The minimum absolute atomic E-state index is 0.131. The number of hydrogen-bond donors (Lipinski definition) is 2. The molecule has 100 valence electrons. The number of aryl methyl sites for hydroxylation is 1. The fourth-order valence-corrected chi connectivity index (χ4v) is 1.79. The highest BCUT2D eigenvalue weighted by molar-refractivity contribution is 5.91. The van der Waals surface area contributed by atoms with E-state index in [4.69, 9.17) is 4.52 Å². The average molecular weight is 260 g/mol. The third-order valence-corrected chi connectivity index (χ3v) is 2.73. The molecule has 0 spiro atoms. The van der Waals surface area contributed by atoms with E-state index in [1.165, 1.54) is 0 Å². The van der Waals surface area contributed by atoms with Gasteiger partial charge in [-0.1, -0.05) is 35.5 Å². The van der Waals surface area contributed by atoms with Gasteiger partial charge in [0.2, 0.25) is 5.76 Å². The molecule has 0 aliphatic rings. The number of aliphatic hydroxyl groups is 1. The zero-order chi connectivity index (χ0) is 13.7.